The zero-order chi connectivity index (χ0) is 12.6. The molecule has 0 bridgehead atoms. The van der Waals surface area contributed by atoms with Gasteiger partial charge >= 0.3 is 5.97 Å². The molecule has 1 aromatic carbocycles. The van der Waals surface area contributed by atoms with E-state index in [1.165, 1.54) is 0 Å². The fraction of sp³-hybridized carbons (Fsp3) is 0.231. The van der Waals surface area contributed by atoms with Crippen molar-refractivity contribution in [1.29, 1.82) is 0 Å². The van der Waals surface area contributed by atoms with Crippen LogP contribution in [0.1, 0.15) is 23.1 Å². The van der Waals surface area contributed by atoms with Crippen molar-refractivity contribution in [2.24, 2.45) is 0 Å². The molecule has 0 fully saturated rings. The van der Waals surface area contributed by atoms with Gasteiger partial charge in [-0.05, 0) is 19.4 Å². The zero-order valence-electron chi connectivity index (χ0n) is 9.70. The second-order valence-electron chi connectivity index (χ2n) is 4.20. The molecule has 0 saturated heterocycles. The molecular weight excluding hydrogens is 218 g/mol. The highest BCUT2D eigenvalue weighted by molar-refractivity contribution is 6.09. The minimum absolute atomic E-state index is 0.0576. The Balaban J connectivity index is 2.54. The summed E-state index contributed by atoms with van der Waals surface area (Å²) in [6.07, 6.45) is -0.0576. The van der Waals surface area contributed by atoms with Gasteiger partial charge in [0.1, 0.15) is 0 Å². The normalized spacial score (nSPS) is 15.1. The SMILES string of the molecule is Cc1ccc(C2=C(C(=O)O)CC(=O)N2)c(C)c1. The highest BCUT2D eigenvalue weighted by atomic mass is 16.4. The van der Waals surface area contributed by atoms with Crippen LogP contribution in [-0.4, -0.2) is 17.0 Å². The van der Waals surface area contributed by atoms with Gasteiger partial charge in [0.05, 0.1) is 17.7 Å². The molecule has 1 aromatic rings. The number of carbonyl (C=O) groups excluding carboxylic acids is 1. The molecule has 4 heteroatoms. The van der Waals surface area contributed by atoms with Gasteiger partial charge < -0.3 is 10.4 Å². The zero-order valence-corrected chi connectivity index (χ0v) is 9.70. The molecule has 1 aliphatic heterocycles. The topological polar surface area (TPSA) is 66.4 Å². The molecule has 2 rings (SSSR count). The molecule has 0 spiro atoms. The highest BCUT2D eigenvalue weighted by Gasteiger charge is 2.27. The Labute approximate surface area is 99.0 Å². The smallest absolute Gasteiger partial charge is 0.334 e. The Kier molecular flexibility index (Phi) is 2.71. The quantitative estimate of drug-likeness (QED) is 0.812. The summed E-state index contributed by atoms with van der Waals surface area (Å²) in [7, 11) is 0. The summed E-state index contributed by atoms with van der Waals surface area (Å²) in [5.74, 6) is -1.31. The van der Waals surface area contributed by atoms with Crippen LogP contribution in [0, 0.1) is 13.8 Å². The molecule has 0 aromatic heterocycles. The van der Waals surface area contributed by atoms with Crippen LogP contribution >= 0.6 is 0 Å². The number of aryl methyl sites for hydroxylation is 2. The number of carbonyl (C=O) groups is 2. The second-order valence-corrected chi connectivity index (χ2v) is 4.20. The third-order valence-corrected chi connectivity index (χ3v) is 2.81. The molecule has 0 radical (unpaired) electrons. The van der Waals surface area contributed by atoms with E-state index in [9.17, 15) is 9.59 Å². The van der Waals surface area contributed by atoms with Crippen LogP contribution in [0.3, 0.4) is 0 Å². The van der Waals surface area contributed by atoms with Gasteiger partial charge in [-0.3, -0.25) is 4.79 Å². The average molecular weight is 231 g/mol. The van der Waals surface area contributed by atoms with Gasteiger partial charge in [0.15, 0.2) is 0 Å². The van der Waals surface area contributed by atoms with Crippen molar-refractivity contribution in [2.45, 2.75) is 20.3 Å². The predicted octanol–water partition coefficient (Wildman–Crippen LogP) is 1.62. The predicted molar refractivity (Wildman–Crippen MR) is 63.2 cm³/mol. The lowest BCUT2D eigenvalue weighted by Crippen LogP contribution is -2.14. The van der Waals surface area contributed by atoms with Gasteiger partial charge in [0, 0.05) is 5.56 Å². The number of benzene rings is 1. The van der Waals surface area contributed by atoms with Gasteiger partial charge in [-0.25, -0.2) is 4.79 Å². The number of aliphatic carboxylic acids is 1. The molecule has 0 aliphatic carbocycles. The Bertz CT molecular complexity index is 544. The Morgan fingerprint density at radius 1 is 1.35 bits per heavy atom. The first kappa shape index (κ1) is 11.4. The number of carboxylic acids is 1. The molecule has 0 atom stereocenters. The number of amides is 1. The lowest BCUT2D eigenvalue weighted by Gasteiger charge is -2.09. The number of hydrogen-bond donors (Lipinski definition) is 2. The number of nitrogens with one attached hydrogen (secondary N) is 1. The van der Waals surface area contributed by atoms with Crippen LogP contribution < -0.4 is 5.32 Å². The third-order valence-electron chi connectivity index (χ3n) is 2.81. The summed E-state index contributed by atoms with van der Waals surface area (Å²) in [4.78, 5) is 22.4. The van der Waals surface area contributed by atoms with E-state index in [1.54, 1.807) is 0 Å². The van der Waals surface area contributed by atoms with Crippen LogP contribution in [0.25, 0.3) is 5.70 Å². The van der Waals surface area contributed by atoms with Crippen LogP contribution in [0.5, 0.6) is 0 Å². The summed E-state index contributed by atoms with van der Waals surface area (Å²) in [6.45, 7) is 3.87. The Morgan fingerprint density at radius 2 is 2.06 bits per heavy atom. The van der Waals surface area contributed by atoms with Crippen LogP contribution in [0.2, 0.25) is 0 Å². The van der Waals surface area contributed by atoms with Crippen LogP contribution in [-0.2, 0) is 9.59 Å². The van der Waals surface area contributed by atoms with Gasteiger partial charge in [-0.2, -0.15) is 0 Å². The number of hydrogen-bond acceptors (Lipinski definition) is 2. The van der Waals surface area contributed by atoms with Crippen molar-refractivity contribution >= 4 is 17.6 Å². The van der Waals surface area contributed by atoms with Crippen molar-refractivity contribution in [2.75, 3.05) is 0 Å². The summed E-state index contributed by atoms with van der Waals surface area (Å²) in [6, 6.07) is 5.71. The summed E-state index contributed by atoms with van der Waals surface area (Å²) in [5.41, 5.74) is 3.41. The van der Waals surface area contributed by atoms with Crippen molar-refractivity contribution in [3.05, 3.63) is 40.5 Å². The molecular formula is C13H13NO3. The molecule has 88 valence electrons. The molecule has 17 heavy (non-hydrogen) atoms. The standard InChI is InChI=1S/C13H13NO3/c1-7-3-4-9(8(2)5-7)12-10(13(16)17)6-11(15)14-12/h3-5H,6H2,1-2H3,(H,14,15)(H,16,17). The molecule has 0 unspecified atom stereocenters. The van der Waals surface area contributed by atoms with Gasteiger partial charge in [-0.15, -0.1) is 0 Å². The monoisotopic (exact) mass is 231 g/mol. The van der Waals surface area contributed by atoms with E-state index >= 15 is 0 Å². The molecule has 0 saturated carbocycles. The van der Waals surface area contributed by atoms with Crippen LogP contribution in [0.4, 0.5) is 0 Å². The highest BCUT2D eigenvalue weighted by Crippen LogP contribution is 2.27. The Hall–Kier alpha value is -2.10. The first-order valence-corrected chi connectivity index (χ1v) is 5.33. The first-order valence-electron chi connectivity index (χ1n) is 5.33. The minimum Gasteiger partial charge on any atom is -0.478 e. The molecule has 2 N–H and O–H groups in total. The minimum atomic E-state index is -1.04. The van der Waals surface area contributed by atoms with E-state index in [1.807, 2.05) is 32.0 Å². The van der Waals surface area contributed by atoms with Gasteiger partial charge in [-0.1, -0.05) is 23.8 Å². The Morgan fingerprint density at radius 3 is 2.65 bits per heavy atom. The summed E-state index contributed by atoms with van der Waals surface area (Å²) in [5, 5.41) is 11.7. The molecule has 1 amide bonds. The fourth-order valence-electron chi connectivity index (χ4n) is 2.01. The summed E-state index contributed by atoms with van der Waals surface area (Å²) < 4.78 is 0. The summed E-state index contributed by atoms with van der Waals surface area (Å²) >= 11 is 0. The fourth-order valence-corrected chi connectivity index (χ4v) is 2.01. The lowest BCUT2D eigenvalue weighted by molar-refractivity contribution is -0.133. The molecule has 1 aliphatic rings. The molecule has 4 nitrogen and oxygen atoms in total. The van der Waals surface area contributed by atoms with E-state index in [2.05, 4.69) is 5.32 Å². The molecule has 1 heterocycles. The first-order chi connectivity index (χ1) is 7.99. The van der Waals surface area contributed by atoms with E-state index in [-0.39, 0.29) is 17.9 Å². The van der Waals surface area contributed by atoms with E-state index in [0.717, 1.165) is 16.7 Å². The largest absolute Gasteiger partial charge is 0.478 e. The third kappa shape index (κ3) is 2.06. The maximum absolute atomic E-state index is 11.3. The lowest BCUT2D eigenvalue weighted by atomic mass is 10.0. The van der Waals surface area contributed by atoms with Crippen molar-refractivity contribution in [1.82, 2.24) is 5.32 Å². The van der Waals surface area contributed by atoms with E-state index in [4.69, 9.17) is 5.11 Å². The second kappa shape index (κ2) is 4.05. The van der Waals surface area contributed by atoms with Gasteiger partial charge in [0.2, 0.25) is 5.91 Å². The van der Waals surface area contributed by atoms with Crippen LogP contribution in [0.15, 0.2) is 23.8 Å². The number of rotatable bonds is 2. The van der Waals surface area contributed by atoms with Crippen molar-refractivity contribution in [3.8, 4) is 0 Å². The van der Waals surface area contributed by atoms with Gasteiger partial charge in [0.25, 0.3) is 0 Å². The average Bonchev–Trinajstić information content (AvgIpc) is 2.60. The maximum Gasteiger partial charge on any atom is 0.334 e. The van der Waals surface area contributed by atoms with Crippen molar-refractivity contribution in [3.63, 3.8) is 0 Å². The maximum atomic E-state index is 11.3. The van der Waals surface area contributed by atoms with Crippen molar-refractivity contribution < 1.29 is 14.7 Å². The van der Waals surface area contributed by atoms with E-state index in [0.29, 0.717) is 5.70 Å². The number of carboxylic acid groups (broad SMARTS) is 1. The van der Waals surface area contributed by atoms with E-state index < -0.39 is 5.97 Å².